The minimum absolute atomic E-state index is 0.156. The quantitative estimate of drug-likeness (QED) is 0.562. The first kappa shape index (κ1) is 18.7. The van der Waals surface area contributed by atoms with Crippen molar-refractivity contribution in [2.24, 2.45) is 5.92 Å². The number of aryl methyl sites for hydroxylation is 1. The van der Waals surface area contributed by atoms with Gasteiger partial charge in [0, 0.05) is 25.2 Å². The number of aliphatic hydroxyl groups is 1. The zero-order valence-corrected chi connectivity index (χ0v) is 15.7. The minimum Gasteiger partial charge on any atom is -0.504 e. The molecule has 0 amide bonds. The Morgan fingerprint density at radius 1 is 1.07 bits per heavy atom. The van der Waals surface area contributed by atoms with Gasteiger partial charge in [-0.05, 0) is 48.1 Å². The topological polar surface area (TPSA) is 81.0 Å². The molecule has 4 rings (SSSR count). The average molecular weight is 379 g/mol. The number of aromatic hydroxyl groups is 2. The number of hydrogen-bond donors (Lipinski definition) is 3. The van der Waals surface area contributed by atoms with E-state index in [1.54, 1.807) is 0 Å². The molecule has 3 N–H and O–H groups in total. The van der Waals surface area contributed by atoms with Gasteiger partial charge < -0.3 is 15.3 Å². The van der Waals surface area contributed by atoms with E-state index in [1.807, 2.05) is 24.3 Å². The molecule has 0 spiro atoms. The van der Waals surface area contributed by atoms with Gasteiger partial charge in [0.15, 0.2) is 17.3 Å². The van der Waals surface area contributed by atoms with Gasteiger partial charge in [-0.2, -0.15) is 0 Å². The van der Waals surface area contributed by atoms with E-state index in [0.717, 1.165) is 37.2 Å². The Bertz CT molecular complexity index is 906. The fourth-order valence-corrected chi connectivity index (χ4v) is 4.24. The molecule has 2 unspecified atom stereocenters. The van der Waals surface area contributed by atoms with E-state index in [9.17, 15) is 20.1 Å². The van der Waals surface area contributed by atoms with Crippen LogP contribution in [0.1, 0.15) is 34.3 Å². The molecule has 5 heteroatoms. The van der Waals surface area contributed by atoms with Gasteiger partial charge in [-0.15, -0.1) is 0 Å². The number of hydrogen-bond acceptors (Lipinski definition) is 5. The standard InChI is InChI=1S/C23H25NO4/c25-20-12-17-6-7-18(23(28)19(17)13-21(20)26)22(27)16-8-10-24(11-9-16)14-15-4-2-1-3-5-15/h1-5,8,12-13,18,22,25-27H,6-7,9-11,14H2. The highest BCUT2D eigenvalue weighted by atomic mass is 16.3. The maximum atomic E-state index is 12.9. The molecule has 5 nitrogen and oxygen atoms in total. The molecule has 146 valence electrons. The van der Waals surface area contributed by atoms with Crippen LogP contribution < -0.4 is 0 Å². The molecule has 0 saturated carbocycles. The summed E-state index contributed by atoms with van der Waals surface area (Å²) in [6, 6.07) is 13.1. The van der Waals surface area contributed by atoms with Gasteiger partial charge in [0.1, 0.15) is 0 Å². The van der Waals surface area contributed by atoms with Crippen molar-refractivity contribution < 1.29 is 20.1 Å². The van der Waals surface area contributed by atoms with Crippen LogP contribution in [0.15, 0.2) is 54.1 Å². The molecule has 2 atom stereocenters. The Morgan fingerprint density at radius 2 is 1.82 bits per heavy atom. The number of nitrogens with zero attached hydrogens (tertiary/aromatic N) is 1. The summed E-state index contributed by atoms with van der Waals surface area (Å²) in [5, 5.41) is 30.3. The normalized spacial score (nSPS) is 21.1. The van der Waals surface area contributed by atoms with Gasteiger partial charge in [-0.1, -0.05) is 36.4 Å². The molecular weight excluding hydrogens is 354 g/mol. The van der Waals surface area contributed by atoms with Crippen molar-refractivity contribution in [3.63, 3.8) is 0 Å². The van der Waals surface area contributed by atoms with Crippen molar-refractivity contribution in [2.45, 2.75) is 31.9 Å². The Balaban J connectivity index is 1.44. The number of ketones is 1. The van der Waals surface area contributed by atoms with Crippen LogP contribution in [-0.4, -0.2) is 45.2 Å². The predicted molar refractivity (Wildman–Crippen MR) is 106 cm³/mol. The van der Waals surface area contributed by atoms with Gasteiger partial charge in [0.05, 0.1) is 12.0 Å². The van der Waals surface area contributed by atoms with E-state index in [2.05, 4.69) is 17.0 Å². The number of fused-ring (bicyclic) bond motifs is 1. The molecule has 1 heterocycles. The zero-order chi connectivity index (χ0) is 19.7. The summed E-state index contributed by atoms with van der Waals surface area (Å²) < 4.78 is 0. The van der Waals surface area contributed by atoms with Crippen molar-refractivity contribution in [1.29, 1.82) is 0 Å². The average Bonchev–Trinajstić information content (AvgIpc) is 2.71. The fraction of sp³-hybridized carbons (Fsp3) is 0.348. The van der Waals surface area contributed by atoms with Gasteiger partial charge in [-0.3, -0.25) is 9.69 Å². The van der Waals surface area contributed by atoms with Gasteiger partial charge >= 0.3 is 0 Å². The van der Waals surface area contributed by atoms with E-state index in [0.29, 0.717) is 18.4 Å². The molecule has 0 aromatic heterocycles. The number of carbonyl (C=O) groups excluding carboxylic acids is 1. The number of phenols is 2. The Hall–Kier alpha value is -2.63. The van der Waals surface area contributed by atoms with E-state index >= 15 is 0 Å². The summed E-state index contributed by atoms with van der Waals surface area (Å²) in [5.41, 5.74) is 3.33. The number of carbonyl (C=O) groups is 1. The maximum Gasteiger partial charge on any atom is 0.169 e. The lowest BCUT2D eigenvalue weighted by Gasteiger charge is -2.32. The number of benzene rings is 2. The SMILES string of the molecule is O=C1c2cc(O)c(O)cc2CCC1C(O)C1=CCN(Cc2ccccc2)CC1. The van der Waals surface area contributed by atoms with Crippen LogP contribution >= 0.6 is 0 Å². The first-order chi connectivity index (χ1) is 13.5. The molecule has 28 heavy (non-hydrogen) atoms. The lowest BCUT2D eigenvalue weighted by atomic mass is 9.77. The van der Waals surface area contributed by atoms with Crippen LogP contribution in [0.2, 0.25) is 0 Å². The van der Waals surface area contributed by atoms with Crippen molar-refractivity contribution >= 4 is 5.78 Å². The molecule has 0 saturated heterocycles. The van der Waals surface area contributed by atoms with E-state index < -0.39 is 12.0 Å². The number of Topliss-reactive ketones (excluding diaryl/α,β-unsaturated/α-hetero) is 1. The van der Waals surface area contributed by atoms with Crippen LogP contribution in [0, 0.1) is 5.92 Å². The third-order valence-corrected chi connectivity index (χ3v) is 5.87. The monoisotopic (exact) mass is 379 g/mol. The van der Waals surface area contributed by atoms with Crippen LogP contribution in [0.4, 0.5) is 0 Å². The second-order valence-electron chi connectivity index (χ2n) is 7.70. The third-order valence-electron chi connectivity index (χ3n) is 5.87. The lowest BCUT2D eigenvalue weighted by molar-refractivity contribution is 0.0708. The van der Waals surface area contributed by atoms with E-state index in [1.165, 1.54) is 17.7 Å². The second kappa shape index (κ2) is 7.78. The summed E-state index contributed by atoms with van der Waals surface area (Å²) in [5.74, 6) is -1.16. The summed E-state index contributed by atoms with van der Waals surface area (Å²) in [4.78, 5) is 15.2. The molecular formula is C23H25NO4. The molecule has 0 bridgehead atoms. The largest absolute Gasteiger partial charge is 0.504 e. The zero-order valence-electron chi connectivity index (χ0n) is 15.7. The van der Waals surface area contributed by atoms with Crippen molar-refractivity contribution in [3.8, 4) is 11.5 Å². The first-order valence-corrected chi connectivity index (χ1v) is 9.75. The van der Waals surface area contributed by atoms with Gasteiger partial charge in [0.2, 0.25) is 0 Å². The summed E-state index contributed by atoms with van der Waals surface area (Å²) in [7, 11) is 0. The first-order valence-electron chi connectivity index (χ1n) is 9.75. The van der Waals surface area contributed by atoms with E-state index in [4.69, 9.17) is 0 Å². The summed E-state index contributed by atoms with van der Waals surface area (Å²) in [6.45, 7) is 2.48. The summed E-state index contributed by atoms with van der Waals surface area (Å²) >= 11 is 0. The molecule has 2 aromatic carbocycles. The van der Waals surface area contributed by atoms with Gasteiger partial charge in [0.25, 0.3) is 0 Å². The minimum atomic E-state index is -0.796. The Morgan fingerprint density at radius 3 is 2.54 bits per heavy atom. The highest BCUT2D eigenvalue weighted by Crippen LogP contribution is 2.36. The lowest BCUT2D eigenvalue weighted by Crippen LogP contribution is -2.37. The van der Waals surface area contributed by atoms with Crippen molar-refractivity contribution in [2.75, 3.05) is 13.1 Å². The molecule has 2 aliphatic rings. The molecule has 1 aliphatic heterocycles. The van der Waals surface area contributed by atoms with Gasteiger partial charge in [-0.25, -0.2) is 0 Å². The number of rotatable bonds is 4. The van der Waals surface area contributed by atoms with Crippen LogP contribution in [0.25, 0.3) is 0 Å². The molecule has 1 aliphatic carbocycles. The van der Waals surface area contributed by atoms with Crippen molar-refractivity contribution in [3.05, 3.63) is 70.8 Å². The maximum absolute atomic E-state index is 12.9. The molecule has 0 radical (unpaired) electrons. The number of phenolic OH excluding ortho intramolecular Hbond substituents is 2. The van der Waals surface area contributed by atoms with Crippen LogP contribution in [0.3, 0.4) is 0 Å². The smallest absolute Gasteiger partial charge is 0.169 e. The highest BCUT2D eigenvalue weighted by Gasteiger charge is 2.35. The third kappa shape index (κ3) is 3.68. The number of aliphatic hydroxyl groups excluding tert-OH is 1. The van der Waals surface area contributed by atoms with E-state index in [-0.39, 0.29) is 17.3 Å². The molecule has 0 fully saturated rings. The Kier molecular flexibility index (Phi) is 5.20. The predicted octanol–water partition coefficient (Wildman–Crippen LogP) is 3.04. The summed E-state index contributed by atoms with van der Waals surface area (Å²) in [6.07, 6.45) is 3.14. The highest BCUT2D eigenvalue weighted by molar-refractivity contribution is 6.01. The second-order valence-corrected chi connectivity index (χ2v) is 7.70. The fourth-order valence-electron chi connectivity index (χ4n) is 4.24. The van der Waals surface area contributed by atoms with Crippen LogP contribution in [0.5, 0.6) is 11.5 Å². The molecule has 2 aromatic rings. The van der Waals surface area contributed by atoms with Crippen LogP contribution in [-0.2, 0) is 13.0 Å². The Labute approximate surface area is 164 Å². The van der Waals surface area contributed by atoms with Crippen molar-refractivity contribution in [1.82, 2.24) is 4.90 Å².